The lowest BCUT2D eigenvalue weighted by atomic mass is 9.97. The lowest BCUT2D eigenvalue weighted by molar-refractivity contribution is 0.122. The molecule has 1 aromatic heterocycles. The Kier molecular flexibility index (Phi) is 5.79. The Balaban J connectivity index is 1.40. The molecule has 0 spiro atoms. The summed E-state index contributed by atoms with van der Waals surface area (Å²) in [7, 11) is 0. The third-order valence-electron chi connectivity index (χ3n) is 4.32. The average molecular weight is 302 g/mol. The predicted molar refractivity (Wildman–Crippen MR) is 87.9 cm³/mol. The van der Waals surface area contributed by atoms with E-state index < -0.39 is 0 Å². The molecule has 1 aliphatic carbocycles. The number of rotatable bonds is 6. The van der Waals surface area contributed by atoms with E-state index in [0.717, 1.165) is 50.9 Å². The first-order chi connectivity index (χ1) is 10.9. The Hall–Kier alpha value is -1.46. The van der Waals surface area contributed by atoms with E-state index in [-0.39, 0.29) is 0 Å². The average Bonchev–Trinajstić information content (AvgIpc) is 2.61. The highest BCUT2D eigenvalue weighted by Crippen LogP contribution is 2.19. The molecule has 1 aliphatic heterocycles. The van der Waals surface area contributed by atoms with Crippen molar-refractivity contribution < 1.29 is 4.74 Å². The van der Waals surface area contributed by atoms with E-state index in [4.69, 9.17) is 4.74 Å². The molecule has 2 aliphatic rings. The third-order valence-corrected chi connectivity index (χ3v) is 4.32. The number of hydrogen-bond donors (Lipinski definition) is 1. The summed E-state index contributed by atoms with van der Waals surface area (Å²) in [5, 5.41) is 3.49. The van der Waals surface area contributed by atoms with Gasteiger partial charge in [-0.1, -0.05) is 11.6 Å². The number of nitrogens with one attached hydrogen (secondary N) is 1. The van der Waals surface area contributed by atoms with Crippen LogP contribution in [0.4, 0.5) is 5.95 Å². The van der Waals surface area contributed by atoms with Crippen LogP contribution in [0.25, 0.3) is 0 Å². The monoisotopic (exact) mass is 302 g/mol. The van der Waals surface area contributed by atoms with Gasteiger partial charge in [-0.2, -0.15) is 0 Å². The van der Waals surface area contributed by atoms with E-state index in [1.165, 1.54) is 32.1 Å². The highest BCUT2D eigenvalue weighted by molar-refractivity contribution is 5.30. The first-order valence-electron chi connectivity index (χ1n) is 8.44. The Morgan fingerprint density at radius 2 is 1.95 bits per heavy atom. The van der Waals surface area contributed by atoms with Gasteiger partial charge >= 0.3 is 0 Å². The van der Waals surface area contributed by atoms with Crippen LogP contribution in [0.3, 0.4) is 0 Å². The van der Waals surface area contributed by atoms with Crippen molar-refractivity contribution in [2.75, 3.05) is 37.7 Å². The normalized spacial score (nSPS) is 19.1. The van der Waals surface area contributed by atoms with Crippen molar-refractivity contribution in [3.63, 3.8) is 0 Å². The minimum Gasteiger partial charge on any atom is -0.378 e. The second kappa shape index (κ2) is 8.25. The molecule has 0 bridgehead atoms. The molecule has 2 heterocycles. The molecule has 120 valence electrons. The molecule has 0 atom stereocenters. The molecule has 0 radical (unpaired) electrons. The van der Waals surface area contributed by atoms with Gasteiger partial charge in [-0.3, -0.25) is 0 Å². The SMILES string of the molecule is C1=C(CCNCc2cnc(N3CCOCC3)nc2)CCCC1. The Morgan fingerprint density at radius 1 is 1.14 bits per heavy atom. The summed E-state index contributed by atoms with van der Waals surface area (Å²) >= 11 is 0. The molecule has 1 saturated heterocycles. The van der Waals surface area contributed by atoms with Gasteiger partial charge in [0.1, 0.15) is 0 Å². The number of allylic oxidation sites excluding steroid dienone is 1. The molecule has 1 N–H and O–H groups in total. The van der Waals surface area contributed by atoms with Crippen LogP contribution in [0.2, 0.25) is 0 Å². The fourth-order valence-corrected chi connectivity index (χ4v) is 2.98. The summed E-state index contributed by atoms with van der Waals surface area (Å²) in [5.41, 5.74) is 2.77. The summed E-state index contributed by atoms with van der Waals surface area (Å²) in [6.07, 6.45) is 12.8. The highest BCUT2D eigenvalue weighted by atomic mass is 16.5. The molecule has 0 amide bonds. The predicted octanol–water partition coefficient (Wildman–Crippen LogP) is 2.29. The number of ether oxygens (including phenoxy) is 1. The van der Waals surface area contributed by atoms with E-state index in [1.54, 1.807) is 5.57 Å². The minimum absolute atomic E-state index is 0.766. The maximum absolute atomic E-state index is 5.35. The number of aromatic nitrogens is 2. The van der Waals surface area contributed by atoms with Crippen molar-refractivity contribution in [2.24, 2.45) is 0 Å². The van der Waals surface area contributed by atoms with Crippen molar-refractivity contribution >= 4 is 5.95 Å². The van der Waals surface area contributed by atoms with Crippen LogP contribution < -0.4 is 10.2 Å². The van der Waals surface area contributed by atoms with Gasteiger partial charge in [0.2, 0.25) is 5.95 Å². The van der Waals surface area contributed by atoms with Crippen LogP contribution in [0.15, 0.2) is 24.0 Å². The second-order valence-electron chi connectivity index (χ2n) is 6.03. The molecule has 0 saturated carbocycles. The number of anilines is 1. The zero-order chi connectivity index (χ0) is 15.0. The topological polar surface area (TPSA) is 50.3 Å². The maximum atomic E-state index is 5.35. The van der Waals surface area contributed by atoms with Crippen molar-refractivity contribution in [3.8, 4) is 0 Å². The van der Waals surface area contributed by atoms with Gasteiger partial charge in [0.25, 0.3) is 0 Å². The van der Waals surface area contributed by atoms with Crippen LogP contribution in [0, 0.1) is 0 Å². The van der Waals surface area contributed by atoms with Crippen LogP contribution in [-0.2, 0) is 11.3 Å². The summed E-state index contributed by atoms with van der Waals surface area (Å²) in [4.78, 5) is 11.1. The molecule has 0 aromatic carbocycles. The summed E-state index contributed by atoms with van der Waals surface area (Å²) < 4.78 is 5.35. The summed E-state index contributed by atoms with van der Waals surface area (Å²) in [5.74, 6) is 0.819. The van der Waals surface area contributed by atoms with Crippen molar-refractivity contribution in [1.29, 1.82) is 0 Å². The Labute approximate surface area is 132 Å². The lowest BCUT2D eigenvalue weighted by Gasteiger charge is -2.26. The maximum Gasteiger partial charge on any atom is 0.225 e. The van der Waals surface area contributed by atoms with Gasteiger partial charge < -0.3 is 15.0 Å². The van der Waals surface area contributed by atoms with E-state index in [1.807, 2.05) is 12.4 Å². The summed E-state index contributed by atoms with van der Waals surface area (Å²) in [6, 6.07) is 0. The largest absolute Gasteiger partial charge is 0.378 e. The minimum atomic E-state index is 0.766. The number of hydrogen-bond acceptors (Lipinski definition) is 5. The molecule has 22 heavy (non-hydrogen) atoms. The van der Waals surface area contributed by atoms with Crippen LogP contribution in [0.5, 0.6) is 0 Å². The van der Waals surface area contributed by atoms with E-state index in [0.29, 0.717) is 0 Å². The smallest absolute Gasteiger partial charge is 0.225 e. The highest BCUT2D eigenvalue weighted by Gasteiger charge is 2.13. The zero-order valence-corrected chi connectivity index (χ0v) is 13.3. The second-order valence-corrected chi connectivity index (χ2v) is 6.03. The third kappa shape index (κ3) is 4.52. The first-order valence-corrected chi connectivity index (χ1v) is 8.44. The first kappa shape index (κ1) is 15.4. The van der Waals surface area contributed by atoms with E-state index in [9.17, 15) is 0 Å². The van der Waals surface area contributed by atoms with Crippen LogP contribution in [0.1, 0.15) is 37.7 Å². The standard InChI is InChI=1S/C17H26N4O/c1-2-4-15(5-3-1)6-7-18-12-16-13-19-17(20-14-16)21-8-10-22-11-9-21/h4,13-14,18H,1-3,5-12H2. The summed E-state index contributed by atoms with van der Waals surface area (Å²) in [6.45, 7) is 5.18. The van der Waals surface area contributed by atoms with E-state index in [2.05, 4.69) is 26.3 Å². The molecular formula is C17H26N4O. The van der Waals surface area contributed by atoms with Gasteiger partial charge in [0, 0.05) is 37.6 Å². The van der Waals surface area contributed by atoms with Gasteiger partial charge in [0.15, 0.2) is 0 Å². The van der Waals surface area contributed by atoms with Crippen molar-refractivity contribution in [2.45, 2.75) is 38.6 Å². The molecule has 1 fully saturated rings. The molecule has 5 nitrogen and oxygen atoms in total. The molecule has 1 aromatic rings. The fourth-order valence-electron chi connectivity index (χ4n) is 2.98. The number of nitrogens with zero attached hydrogens (tertiary/aromatic N) is 3. The molecular weight excluding hydrogens is 276 g/mol. The van der Waals surface area contributed by atoms with Gasteiger partial charge in [0.05, 0.1) is 13.2 Å². The fraction of sp³-hybridized carbons (Fsp3) is 0.647. The molecule has 5 heteroatoms. The quantitative estimate of drug-likeness (QED) is 0.645. The van der Waals surface area contributed by atoms with Crippen LogP contribution in [-0.4, -0.2) is 42.8 Å². The van der Waals surface area contributed by atoms with Crippen molar-refractivity contribution in [1.82, 2.24) is 15.3 Å². The number of morpholine rings is 1. The zero-order valence-electron chi connectivity index (χ0n) is 13.3. The molecule has 3 rings (SSSR count). The Morgan fingerprint density at radius 3 is 2.68 bits per heavy atom. The van der Waals surface area contributed by atoms with Gasteiger partial charge in [-0.25, -0.2) is 9.97 Å². The lowest BCUT2D eigenvalue weighted by Crippen LogP contribution is -2.37. The van der Waals surface area contributed by atoms with Gasteiger partial charge in [-0.15, -0.1) is 0 Å². The molecule has 0 unspecified atom stereocenters. The van der Waals surface area contributed by atoms with Crippen molar-refractivity contribution in [3.05, 3.63) is 29.6 Å². The van der Waals surface area contributed by atoms with Crippen LogP contribution >= 0.6 is 0 Å². The Bertz CT molecular complexity index is 480. The van der Waals surface area contributed by atoms with E-state index >= 15 is 0 Å². The van der Waals surface area contributed by atoms with Gasteiger partial charge in [-0.05, 0) is 38.6 Å².